The number of aliphatic hydroxyl groups excluding tert-OH is 2. The lowest BCUT2D eigenvalue weighted by Gasteiger charge is -2.16. The third-order valence-electron chi connectivity index (χ3n) is 2.93. The first-order valence-corrected chi connectivity index (χ1v) is 5.61. The van der Waals surface area contributed by atoms with Crippen LogP contribution in [0.15, 0.2) is 30.3 Å². The van der Waals surface area contributed by atoms with E-state index in [4.69, 9.17) is 0 Å². The summed E-state index contributed by atoms with van der Waals surface area (Å²) < 4.78 is 0. The van der Waals surface area contributed by atoms with Crippen molar-refractivity contribution in [2.45, 2.75) is 24.8 Å². The Morgan fingerprint density at radius 1 is 1.25 bits per heavy atom. The molecule has 1 aromatic carbocycles. The van der Waals surface area contributed by atoms with Gasteiger partial charge in [-0.05, 0) is 5.56 Å². The van der Waals surface area contributed by atoms with E-state index in [0.717, 1.165) is 6.54 Å². The molecule has 4 heteroatoms. The number of nitrogens with one attached hydrogen (secondary N) is 2. The van der Waals surface area contributed by atoms with E-state index < -0.39 is 12.2 Å². The summed E-state index contributed by atoms with van der Waals surface area (Å²) in [6.07, 6.45) is -1.30. The molecule has 1 aromatic rings. The van der Waals surface area contributed by atoms with Crippen molar-refractivity contribution in [1.82, 2.24) is 10.6 Å². The van der Waals surface area contributed by atoms with Crippen LogP contribution in [0.25, 0.3) is 0 Å². The Morgan fingerprint density at radius 3 is 2.62 bits per heavy atom. The highest BCUT2D eigenvalue weighted by atomic mass is 16.3. The van der Waals surface area contributed by atoms with Crippen LogP contribution in [0, 0.1) is 0 Å². The van der Waals surface area contributed by atoms with E-state index in [1.165, 1.54) is 5.56 Å². The number of hydrogen-bond acceptors (Lipinski definition) is 4. The Kier molecular flexibility index (Phi) is 3.90. The average Bonchev–Trinajstić information content (AvgIpc) is 2.62. The van der Waals surface area contributed by atoms with Crippen molar-refractivity contribution in [3.63, 3.8) is 0 Å². The second-order valence-corrected chi connectivity index (χ2v) is 4.19. The van der Waals surface area contributed by atoms with E-state index in [1.54, 1.807) is 0 Å². The fourth-order valence-corrected chi connectivity index (χ4v) is 1.94. The van der Waals surface area contributed by atoms with Crippen LogP contribution in [-0.4, -0.2) is 41.6 Å². The van der Waals surface area contributed by atoms with Crippen molar-refractivity contribution in [2.24, 2.45) is 0 Å². The highest BCUT2D eigenvalue weighted by molar-refractivity contribution is 5.14. The molecule has 1 aliphatic rings. The SMILES string of the molecule is O[C@H]1[C@@H](O)CN[C@@H]1CNCc1ccccc1. The summed E-state index contributed by atoms with van der Waals surface area (Å²) in [6, 6.07) is 10.1. The maximum Gasteiger partial charge on any atom is 0.0976 e. The van der Waals surface area contributed by atoms with Crippen LogP contribution in [0.4, 0.5) is 0 Å². The summed E-state index contributed by atoms with van der Waals surface area (Å²) in [6.45, 7) is 1.91. The zero-order valence-corrected chi connectivity index (χ0v) is 9.13. The molecule has 0 unspecified atom stereocenters. The molecular formula is C12H18N2O2. The molecule has 3 atom stereocenters. The van der Waals surface area contributed by atoms with Crippen molar-refractivity contribution in [3.05, 3.63) is 35.9 Å². The molecule has 0 radical (unpaired) electrons. The van der Waals surface area contributed by atoms with Gasteiger partial charge in [0.2, 0.25) is 0 Å². The third kappa shape index (κ3) is 2.80. The smallest absolute Gasteiger partial charge is 0.0976 e. The van der Waals surface area contributed by atoms with Crippen LogP contribution < -0.4 is 10.6 Å². The van der Waals surface area contributed by atoms with Gasteiger partial charge in [0, 0.05) is 25.7 Å². The predicted octanol–water partition coefficient (Wildman–Crippen LogP) is -0.530. The van der Waals surface area contributed by atoms with Crippen LogP contribution >= 0.6 is 0 Å². The van der Waals surface area contributed by atoms with Gasteiger partial charge in [-0.25, -0.2) is 0 Å². The summed E-state index contributed by atoms with van der Waals surface area (Å²) >= 11 is 0. The Morgan fingerprint density at radius 2 is 2.00 bits per heavy atom. The molecule has 0 amide bonds. The number of hydrogen-bond donors (Lipinski definition) is 4. The van der Waals surface area contributed by atoms with E-state index >= 15 is 0 Å². The minimum Gasteiger partial charge on any atom is -0.389 e. The van der Waals surface area contributed by atoms with E-state index in [9.17, 15) is 10.2 Å². The normalized spacial score (nSPS) is 29.5. The predicted molar refractivity (Wildman–Crippen MR) is 62.0 cm³/mol. The van der Waals surface area contributed by atoms with Crippen LogP contribution in [-0.2, 0) is 6.54 Å². The molecule has 16 heavy (non-hydrogen) atoms. The van der Waals surface area contributed by atoms with Crippen molar-refractivity contribution in [2.75, 3.05) is 13.1 Å². The van der Waals surface area contributed by atoms with Crippen molar-refractivity contribution < 1.29 is 10.2 Å². The van der Waals surface area contributed by atoms with Gasteiger partial charge in [-0.2, -0.15) is 0 Å². The summed E-state index contributed by atoms with van der Waals surface area (Å²) in [5.74, 6) is 0. The van der Waals surface area contributed by atoms with Crippen LogP contribution in [0.1, 0.15) is 5.56 Å². The number of β-amino-alcohol motifs (C(OH)–C–C–N with tert-alkyl or cyclic N) is 1. The second-order valence-electron chi connectivity index (χ2n) is 4.19. The van der Waals surface area contributed by atoms with Crippen LogP contribution in [0.3, 0.4) is 0 Å². The summed E-state index contributed by atoms with van der Waals surface area (Å²) in [7, 11) is 0. The lowest BCUT2D eigenvalue weighted by molar-refractivity contribution is 0.0407. The number of benzene rings is 1. The summed E-state index contributed by atoms with van der Waals surface area (Å²) in [4.78, 5) is 0. The van der Waals surface area contributed by atoms with Gasteiger partial charge in [-0.15, -0.1) is 0 Å². The maximum atomic E-state index is 9.60. The molecule has 0 bridgehead atoms. The minimum absolute atomic E-state index is 0.0567. The van der Waals surface area contributed by atoms with Gasteiger partial charge in [-0.1, -0.05) is 30.3 Å². The summed E-state index contributed by atoms with van der Waals surface area (Å²) in [5, 5.41) is 25.3. The van der Waals surface area contributed by atoms with Crippen molar-refractivity contribution >= 4 is 0 Å². The topological polar surface area (TPSA) is 64.5 Å². The molecule has 1 aliphatic heterocycles. The molecule has 1 fully saturated rings. The van der Waals surface area contributed by atoms with Gasteiger partial charge in [0.25, 0.3) is 0 Å². The van der Waals surface area contributed by atoms with Crippen LogP contribution in [0.2, 0.25) is 0 Å². The lowest BCUT2D eigenvalue weighted by Crippen LogP contribution is -2.41. The zero-order chi connectivity index (χ0) is 11.4. The molecule has 4 N–H and O–H groups in total. The fraction of sp³-hybridized carbons (Fsp3) is 0.500. The lowest BCUT2D eigenvalue weighted by atomic mass is 10.1. The molecule has 1 heterocycles. The van der Waals surface area contributed by atoms with Gasteiger partial charge in [0.15, 0.2) is 0 Å². The van der Waals surface area contributed by atoms with E-state index in [0.29, 0.717) is 13.1 Å². The van der Waals surface area contributed by atoms with Gasteiger partial charge in [-0.3, -0.25) is 0 Å². The van der Waals surface area contributed by atoms with Gasteiger partial charge in [0.1, 0.15) is 0 Å². The average molecular weight is 222 g/mol. The van der Waals surface area contributed by atoms with E-state index in [-0.39, 0.29) is 6.04 Å². The van der Waals surface area contributed by atoms with Crippen molar-refractivity contribution in [3.8, 4) is 0 Å². The number of aliphatic hydroxyl groups is 2. The number of rotatable bonds is 4. The molecule has 0 aromatic heterocycles. The third-order valence-corrected chi connectivity index (χ3v) is 2.93. The van der Waals surface area contributed by atoms with Gasteiger partial charge in [0.05, 0.1) is 12.2 Å². The Labute approximate surface area is 95.3 Å². The zero-order valence-electron chi connectivity index (χ0n) is 9.13. The molecule has 0 saturated carbocycles. The molecule has 0 aliphatic carbocycles. The molecular weight excluding hydrogens is 204 g/mol. The largest absolute Gasteiger partial charge is 0.389 e. The Bertz CT molecular complexity index is 318. The second kappa shape index (κ2) is 5.41. The molecule has 88 valence electrons. The Hall–Kier alpha value is -0.940. The maximum absolute atomic E-state index is 9.60. The first-order chi connectivity index (χ1) is 7.77. The van der Waals surface area contributed by atoms with E-state index in [2.05, 4.69) is 22.8 Å². The molecule has 2 rings (SSSR count). The Balaban J connectivity index is 1.73. The first kappa shape index (κ1) is 11.5. The van der Waals surface area contributed by atoms with Crippen molar-refractivity contribution in [1.29, 1.82) is 0 Å². The molecule has 0 spiro atoms. The standard InChI is InChI=1S/C12H18N2O2/c15-11-8-14-10(12(11)16)7-13-6-9-4-2-1-3-5-9/h1-5,10-16H,6-8H2/t10-,11+,12-/m1/s1. The van der Waals surface area contributed by atoms with Crippen LogP contribution in [0.5, 0.6) is 0 Å². The first-order valence-electron chi connectivity index (χ1n) is 5.61. The fourth-order valence-electron chi connectivity index (χ4n) is 1.94. The summed E-state index contributed by atoms with van der Waals surface area (Å²) in [5.41, 5.74) is 1.22. The molecule has 1 saturated heterocycles. The molecule has 4 nitrogen and oxygen atoms in total. The minimum atomic E-state index is -0.664. The van der Waals surface area contributed by atoms with E-state index in [1.807, 2.05) is 18.2 Å². The quantitative estimate of drug-likeness (QED) is 0.553. The highest BCUT2D eigenvalue weighted by Crippen LogP contribution is 2.07. The van der Waals surface area contributed by atoms with Gasteiger partial charge < -0.3 is 20.8 Å². The highest BCUT2D eigenvalue weighted by Gasteiger charge is 2.32. The van der Waals surface area contributed by atoms with Gasteiger partial charge >= 0.3 is 0 Å². The monoisotopic (exact) mass is 222 g/mol.